The lowest BCUT2D eigenvalue weighted by Gasteiger charge is -2.08. The molecule has 5 nitrogen and oxygen atoms in total. The molecule has 0 aliphatic heterocycles. The molecule has 0 saturated heterocycles. The summed E-state index contributed by atoms with van der Waals surface area (Å²) in [6, 6.07) is 10.3. The van der Waals surface area contributed by atoms with Crippen molar-refractivity contribution in [1.82, 2.24) is 4.98 Å². The Morgan fingerprint density at radius 3 is 2.79 bits per heavy atom. The quantitative estimate of drug-likeness (QED) is 0.429. The summed E-state index contributed by atoms with van der Waals surface area (Å²) in [6.07, 6.45) is 0. The third-order valence-corrected chi connectivity index (χ3v) is 3.29. The Balaban J connectivity index is 2.20. The fourth-order valence-corrected chi connectivity index (χ4v) is 2.32. The van der Waals surface area contributed by atoms with E-state index in [1.54, 1.807) is 30.3 Å². The Hall–Kier alpha value is -1.38. The maximum atomic E-state index is 12.0. The number of nitrogens with two attached hydrogens (primary N) is 1. The third-order valence-electron chi connectivity index (χ3n) is 2.31. The average Bonchev–Trinajstić information content (AvgIpc) is 2.42. The molecule has 7 heteroatoms. The zero-order chi connectivity index (χ0) is 13.8. The lowest BCUT2D eigenvalue weighted by Crippen LogP contribution is -2.16. The van der Waals surface area contributed by atoms with Gasteiger partial charge in [-0.3, -0.25) is 4.79 Å². The van der Waals surface area contributed by atoms with E-state index in [1.165, 1.54) is 0 Å². The van der Waals surface area contributed by atoms with Crippen LogP contribution in [0.3, 0.4) is 0 Å². The highest BCUT2D eigenvalue weighted by Crippen LogP contribution is 2.24. The molecule has 98 valence electrons. The molecular formula is C12H10ClIN4O. The number of nitrogens with zero attached hydrogens (tertiary/aromatic N) is 1. The van der Waals surface area contributed by atoms with Crippen LogP contribution < -0.4 is 16.6 Å². The van der Waals surface area contributed by atoms with Crippen LogP contribution in [0.2, 0.25) is 5.02 Å². The molecule has 0 aliphatic carbocycles. The van der Waals surface area contributed by atoms with Crippen molar-refractivity contribution in [2.45, 2.75) is 0 Å². The minimum atomic E-state index is -0.347. The Kier molecular flexibility index (Phi) is 4.56. The molecule has 0 spiro atoms. The summed E-state index contributed by atoms with van der Waals surface area (Å²) in [5.74, 6) is 5.32. The Morgan fingerprint density at radius 1 is 1.32 bits per heavy atom. The van der Waals surface area contributed by atoms with Gasteiger partial charge in [-0.05, 0) is 52.9 Å². The van der Waals surface area contributed by atoms with Crippen LogP contribution in [0.5, 0.6) is 0 Å². The van der Waals surface area contributed by atoms with Crippen LogP contribution >= 0.6 is 34.2 Å². The molecule has 19 heavy (non-hydrogen) atoms. The van der Waals surface area contributed by atoms with E-state index < -0.39 is 0 Å². The summed E-state index contributed by atoms with van der Waals surface area (Å²) in [6.45, 7) is 0. The molecule has 1 aromatic carbocycles. The summed E-state index contributed by atoms with van der Waals surface area (Å²) in [5, 5.41) is 3.18. The van der Waals surface area contributed by atoms with Crippen molar-refractivity contribution in [2.24, 2.45) is 5.84 Å². The molecule has 2 rings (SSSR count). The molecule has 1 aromatic heterocycles. The van der Waals surface area contributed by atoms with Gasteiger partial charge < -0.3 is 10.7 Å². The van der Waals surface area contributed by atoms with Gasteiger partial charge in [0, 0.05) is 3.57 Å². The number of nitrogen functional groups attached to an aromatic ring is 1. The van der Waals surface area contributed by atoms with Gasteiger partial charge in [0.2, 0.25) is 0 Å². The second-order valence-electron chi connectivity index (χ2n) is 3.63. The monoisotopic (exact) mass is 388 g/mol. The Bertz CT molecular complexity index is 620. The van der Waals surface area contributed by atoms with Gasteiger partial charge in [0.1, 0.15) is 11.5 Å². The van der Waals surface area contributed by atoms with Crippen molar-refractivity contribution < 1.29 is 4.79 Å². The summed E-state index contributed by atoms with van der Waals surface area (Å²) < 4.78 is 0.994. The second kappa shape index (κ2) is 6.18. The fourth-order valence-electron chi connectivity index (χ4n) is 1.42. The first-order valence-corrected chi connectivity index (χ1v) is 6.76. The van der Waals surface area contributed by atoms with Crippen molar-refractivity contribution in [3.05, 3.63) is 50.7 Å². The number of amides is 1. The first-order valence-electron chi connectivity index (χ1n) is 5.30. The van der Waals surface area contributed by atoms with Gasteiger partial charge in [0.05, 0.1) is 10.7 Å². The largest absolute Gasteiger partial charge is 0.319 e. The van der Waals surface area contributed by atoms with Crippen molar-refractivity contribution >= 4 is 51.6 Å². The lowest BCUT2D eigenvalue weighted by molar-refractivity contribution is 0.102. The SMILES string of the molecule is NNc1cccc(C(=O)Nc2ccc(I)cc2Cl)n1. The van der Waals surface area contributed by atoms with E-state index in [-0.39, 0.29) is 11.6 Å². The second-order valence-corrected chi connectivity index (χ2v) is 5.28. The van der Waals surface area contributed by atoms with Gasteiger partial charge in [0.15, 0.2) is 0 Å². The topological polar surface area (TPSA) is 80.0 Å². The van der Waals surface area contributed by atoms with Crippen LogP contribution in [-0.2, 0) is 0 Å². The number of anilines is 2. The van der Waals surface area contributed by atoms with Gasteiger partial charge in [-0.25, -0.2) is 10.8 Å². The van der Waals surface area contributed by atoms with E-state index in [1.807, 2.05) is 6.07 Å². The first-order chi connectivity index (χ1) is 9.10. The standard InChI is InChI=1S/C12H10ClIN4O/c13-8-6-7(14)4-5-9(8)17-12(19)10-2-1-3-11(16-10)18-15/h1-6H,15H2,(H,16,18)(H,17,19). The van der Waals surface area contributed by atoms with Crippen LogP contribution in [0.4, 0.5) is 11.5 Å². The molecule has 0 atom stereocenters. The van der Waals surface area contributed by atoms with E-state index in [0.29, 0.717) is 16.5 Å². The number of rotatable bonds is 3. The molecule has 0 aliphatic rings. The number of hydrogen-bond donors (Lipinski definition) is 3. The highest BCUT2D eigenvalue weighted by Gasteiger charge is 2.10. The molecule has 0 bridgehead atoms. The van der Waals surface area contributed by atoms with Gasteiger partial charge in [-0.2, -0.15) is 0 Å². The van der Waals surface area contributed by atoms with Crippen LogP contribution in [-0.4, -0.2) is 10.9 Å². The fraction of sp³-hybridized carbons (Fsp3) is 0. The number of carbonyl (C=O) groups excluding carboxylic acids is 1. The van der Waals surface area contributed by atoms with Crippen molar-refractivity contribution in [2.75, 3.05) is 10.7 Å². The zero-order valence-electron chi connectivity index (χ0n) is 9.65. The van der Waals surface area contributed by atoms with Gasteiger partial charge >= 0.3 is 0 Å². The Labute approximate surface area is 128 Å². The molecule has 0 unspecified atom stereocenters. The maximum absolute atomic E-state index is 12.0. The maximum Gasteiger partial charge on any atom is 0.274 e. The van der Waals surface area contributed by atoms with Crippen molar-refractivity contribution in [3.8, 4) is 0 Å². The molecule has 1 heterocycles. The molecular weight excluding hydrogens is 379 g/mol. The number of aromatic nitrogens is 1. The summed E-state index contributed by atoms with van der Waals surface area (Å²) in [5.41, 5.74) is 3.18. The number of hydrogen-bond acceptors (Lipinski definition) is 4. The summed E-state index contributed by atoms with van der Waals surface area (Å²) in [4.78, 5) is 16.1. The van der Waals surface area contributed by atoms with Gasteiger partial charge in [-0.1, -0.05) is 17.7 Å². The van der Waals surface area contributed by atoms with Crippen LogP contribution in [0, 0.1) is 3.57 Å². The molecule has 2 aromatic rings. The highest BCUT2D eigenvalue weighted by atomic mass is 127. The molecule has 1 amide bonds. The normalized spacial score (nSPS) is 10.1. The minimum absolute atomic E-state index is 0.255. The molecule has 0 saturated carbocycles. The number of pyridine rings is 1. The van der Waals surface area contributed by atoms with Crippen LogP contribution in [0.15, 0.2) is 36.4 Å². The zero-order valence-corrected chi connectivity index (χ0v) is 12.6. The number of halogens is 2. The summed E-state index contributed by atoms with van der Waals surface area (Å²) in [7, 11) is 0. The average molecular weight is 389 g/mol. The molecule has 0 radical (unpaired) electrons. The van der Waals surface area contributed by atoms with Crippen LogP contribution in [0.25, 0.3) is 0 Å². The third kappa shape index (κ3) is 3.55. The number of nitrogens with one attached hydrogen (secondary N) is 2. The van der Waals surface area contributed by atoms with Crippen molar-refractivity contribution in [1.29, 1.82) is 0 Å². The van der Waals surface area contributed by atoms with E-state index in [9.17, 15) is 4.79 Å². The first kappa shape index (κ1) is 14.0. The predicted molar refractivity (Wildman–Crippen MR) is 84.2 cm³/mol. The van der Waals surface area contributed by atoms with Crippen molar-refractivity contribution in [3.63, 3.8) is 0 Å². The Morgan fingerprint density at radius 2 is 2.11 bits per heavy atom. The molecule has 4 N–H and O–H groups in total. The van der Waals surface area contributed by atoms with E-state index in [2.05, 4.69) is 38.3 Å². The minimum Gasteiger partial charge on any atom is -0.319 e. The van der Waals surface area contributed by atoms with Gasteiger partial charge in [-0.15, -0.1) is 0 Å². The highest BCUT2D eigenvalue weighted by molar-refractivity contribution is 14.1. The number of benzene rings is 1. The van der Waals surface area contributed by atoms with E-state index in [0.717, 1.165) is 3.57 Å². The molecule has 0 fully saturated rings. The van der Waals surface area contributed by atoms with Gasteiger partial charge in [0.25, 0.3) is 5.91 Å². The number of carbonyl (C=O) groups is 1. The predicted octanol–water partition coefficient (Wildman–Crippen LogP) is 2.88. The lowest BCUT2D eigenvalue weighted by atomic mass is 10.3. The smallest absolute Gasteiger partial charge is 0.274 e. The van der Waals surface area contributed by atoms with E-state index in [4.69, 9.17) is 17.4 Å². The van der Waals surface area contributed by atoms with E-state index >= 15 is 0 Å². The number of hydrazine groups is 1. The summed E-state index contributed by atoms with van der Waals surface area (Å²) >= 11 is 8.19. The van der Waals surface area contributed by atoms with Crippen LogP contribution in [0.1, 0.15) is 10.5 Å².